The minimum absolute atomic E-state index is 0.0427. The number of nitrogens with one attached hydrogen (secondary N) is 1. The maximum atomic E-state index is 12.5. The average Bonchev–Trinajstić information content (AvgIpc) is 3.23. The van der Waals surface area contributed by atoms with Crippen molar-refractivity contribution < 1.29 is 4.79 Å². The molecule has 2 aliphatic rings. The summed E-state index contributed by atoms with van der Waals surface area (Å²) in [6.45, 7) is 3.96. The summed E-state index contributed by atoms with van der Waals surface area (Å²) in [4.78, 5) is 19.2. The van der Waals surface area contributed by atoms with Gasteiger partial charge in [-0.3, -0.25) is 4.79 Å². The molecule has 0 bridgehead atoms. The highest BCUT2D eigenvalue weighted by Crippen LogP contribution is 2.46. The Balaban J connectivity index is 1.66. The monoisotopic (exact) mass is 388 g/mol. The zero-order chi connectivity index (χ0) is 20.3. The van der Waals surface area contributed by atoms with Crippen LogP contribution in [-0.4, -0.2) is 28.0 Å². The number of imidazole rings is 1. The van der Waals surface area contributed by atoms with Gasteiger partial charge in [0, 0.05) is 31.6 Å². The van der Waals surface area contributed by atoms with Crippen molar-refractivity contribution in [2.24, 2.45) is 7.05 Å². The fraction of sp³-hybridized carbons (Fsp3) is 0.417. The van der Waals surface area contributed by atoms with Crippen LogP contribution in [0.5, 0.6) is 0 Å². The summed E-state index contributed by atoms with van der Waals surface area (Å²) < 4.78 is 2.12. The molecule has 1 aromatic heterocycles. The second-order valence-corrected chi connectivity index (χ2v) is 8.67. The van der Waals surface area contributed by atoms with Gasteiger partial charge in [-0.15, -0.1) is 0 Å². The van der Waals surface area contributed by atoms with Crippen LogP contribution in [0.3, 0.4) is 0 Å². The highest BCUT2D eigenvalue weighted by atomic mass is 16.2. The van der Waals surface area contributed by atoms with Gasteiger partial charge in [-0.2, -0.15) is 0 Å². The summed E-state index contributed by atoms with van der Waals surface area (Å²) >= 11 is 0. The molecule has 1 aliphatic carbocycles. The van der Waals surface area contributed by atoms with Gasteiger partial charge in [0.15, 0.2) is 0 Å². The first-order valence-corrected chi connectivity index (χ1v) is 10.5. The van der Waals surface area contributed by atoms with Gasteiger partial charge in [0.05, 0.1) is 16.9 Å². The van der Waals surface area contributed by atoms with E-state index in [1.165, 1.54) is 16.7 Å². The zero-order valence-corrected chi connectivity index (χ0v) is 17.7. The molecular weight excluding hydrogens is 360 g/mol. The number of amides is 1. The molecule has 0 radical (unpaired) electrons. The SMILES string of the molecule is CCC(=O)N(C)c1cc2c(nc(C)n2C)c2c1CCC1(Cc3ccccc3C1)N2. The molecule has 2 aromatic carbocycles. The van der Waals surface area contributed by atoms with E-state index in [-0.39, 0.29) is 11.4 Å². The third kappa shape index (κ3) is 2.67. The lowest BCUT2D eigenvalue weighted by Gasteiger charge is -2.38. The number of nitrogens with zero attached hydrogens (tertiary/aromatic N) is 3. The largest absolute Gasteiger partial charge is 0.377 e. The summed E-state index contributed by atoms with van der Waals surface area (Å²) in [6, 6.07) is 10.9. The van der Waals surface area contributed by atoms with Crippen LogP contribution in [0.2, 0.25) is 0 Å². The number of aromatic nitrogens is 2. The Morgan fingerprint density at radius 1 is 1.28 bits per heavy atom. The van der Waals surface area contributed by atoms with Gasteiger partial charge in [0.25, 0.3) is 0 Å². The lowest BCUT2D eigenvalue weighted by molar-refractivity contribution is -0.118. The first-order valence-electron chi connectivity index (χ1n) is 10.5. The first kappa shape index (κ1) is 18.2. The van der Waals surface area contributed by atoms with Gasteiger partial charge in [-0.05, 0) is 49.8 Å². The Bertz CT molecular complexity index is 1120. The Morgan fingerprint density at radius 3 is 2.62 bits per heavy atom. The van der Waals surface area contributed by atoms with Crippen molar-refractivity contribution in [3.05, 3.63) is 52.8 Å². The summed E-state index contributed by atoms with van der Waals surface area (Å²) in [7, 11) is 3.94. The number of benzene rings is 2. The normalized spacial score (nSPS) is 16.6. The minimum Gasteiger partial charge on any atom is -0.377 e. The quantitative estimate of drug-likeness (QED) is 0.717. The molecule has 1 amide bonds. The molecule has 1 spiro atoms. The Hall–Kier alpha value is -2.82. The number of anilines is 2. The van der Waals surface area contributed by atoms with E-state index in [1.807, 2.05) is 32.8 Å². The molecule has 0 atom stereocenters. The van der Waals surface area contributed by atoms with E-state index in [9.17, 15) is 4.79 Å². The Kier molecular flexibility index (Phi) is 3.99. The molecule has 1 aliphatic heterocycles. The van der Waals surface area contributed by atoms with Gasteiger partial charge in [-0.1, -0.05) is 31.2 Å². The number of carbonyl (C=O) groups excluding carboxylic acids is 1. The maximum absolute atomic E-state index is 12.5. The van der Waals surface area contributed by atoms with E-state index in [4.69, 9.17) is 4.98 Å². The highest BCUT2D eigenvalue weighted by molar-refractivity contribution is 6.01. The summed E-state index contributed by atoms with van der Waals surface area (Å²) in [5.41, 5.74) is 8.40. The van der Waals surface area contributed by atoms with Crippen molar-refractivity contribution in [2.75, 3.05) is 17.3 Å². The second kappa shape index (κ2) is 6.34. The van der Waals surface area contributed by atoms with Crippen LogP contribution in [0.25, 0.3) is 11.0 Å². The number of carbonyl (C=O) groups is 1. The van der Waals surface area contributed by atoms with Crippen molar-refractivity contribution in [3.8, 4) is 0 Å². The zero-order valence-electron chi connectivity index (χ0n) is 17.7. The van der Waals surface area contributed by atoms with Gasteiger partial charge < -0.3 is 14.8 Å². The Morgan fingerprint density at radius 2 is 1.97 bits per heavy atom. The fourth-order valence-corrected chi connectivity index (χ4v) is 5.17. The van der Waals surface area contributed by atoms with E-state index >= 15 is 0 Å². The summed E-state index contributed by atoms with van der Waals surface area (Å²) in [5.74, 6) is 1.12. The van der Waals surface area contributed by atoms with E-state index in [2.05, 4.69) is 40.2 Å². The smallest absolute Gasteiger partial charge is 0.226 e. The molecule has 5 nitrogen and oxygen atoms in total. The molecular formula is C24H28N4O. The molecule has 1 N–H and O–H groups in total. The highest BCUT2D eigenvalue weighted by Gasteiger charge is 2.41. The molecule has 5 rings (SSSR count). The van der Waals surface area contributed by atoms with E-state index in [1.54, 1.807) is 0 Å². The fourth-order valence-electron chi connectivity index (χ4n) is 5.17. The number of hydrogen-bond acceptors (Lipinski definition) is 3. The minimum atomic E-state index is 0.0427. The third-order valence-corrected chi connectivity index (χ3v) is 6.94. The van der Waals surface area contributed by atoms with Crippen LogP contribution in [0.1, 0.15) is 42.3 Å². The van der Waals surface area contributed by atoms with E-state index < -0.39 is 0 Å². The molecule has 0 saturated heterocycles. The summed E-state index contributed by atoms with van der Waals surface area (Å²) in [6.07, 6.45) is 4.61. The predicted molar refractivity (Wildman–Crippen MR) is 118 cm³/mol. The van der Waals surface area contributed by atoms with Crippen molar-refractivity contribution >= 4 is 28.3 Å². The molecule has 0 fully saturated rings. The van der Waals surface area contributed by atoms with Crippen molar-refractivity contribution in [1.82, 2.24) is 9.55 Å². The molecule has 5 heteroatoms. The van der Waals surface area contributed by atoms with Crippen LogP contribution in [0.15, 0.2) is 30.3 Å². The lowest BCUT2D eigenvalue weighted by atomic mass is 9.82. The van der Waals surface area contributed by atoms with Gasteiger partial charge in [0.2, 0.25) is 5.91 Å². The average molecular weight is 389 g/mol. The predicted octanol–water partition coefficient (Wildman–Crippen LogP) is 4.15. The van der Waals surface area contributed by atoms with Gasteiger partial charge in [0.1, 0.15) is 11.3 Å². The Labute approximate surface area is 171 Å². The van der Waals surface area contributed by atoms with Crippen molar-refractivity contribution in [3.63, 3.8) is 0 Å². The van der Waals surface area contributed by atoms with Crippen molar-refractivity contribution in [1.29, 1.82) is 0 Å². The first-order chi connectivity index (χ1) is 13.9. The van der Waals surface area contributed by atoms with Crippen molar-refractivity contribution in [2.45, 2.75) is 51.5 Å². The lowest BCUT2D eigenvalue weighted by Crippen LogP contribution is -2.43. The van der Waals surface area contributed by atoms with Crippen LogP contribution in [0, 0.1) is 6.92 Å². The molecule has 29 heavy (non-hydrogen) atoms. The maximum Gasteiger partial charge on any atom is 0.226 e. The second-order valence-electron chi connectivity index (χ2n) is 8.67. The van der Waals surface area contributed by atoms with E-state index in [0.717, 1.165) is 53.9 Å². The van der Waals surface area contributed by atoms with Crippen LogP contribution >= 0.6 is 0 Å². The van der Waals surface area contributed by atoms with Gasteiger partial charge >= 0.3 is 0 Å². The van der Waals surface area contributed by atoms with Gasteiger partial charge in [-0.25, -0.2) is 4.98 Å². The number of hydrogen-bond donors (Lipinski definition) is 1. The molecule has 150 valence electrons. The molecule has 0 unspecified atom stereocenters. The summed E-state index contributed by atoms with van der Waals surface area (Å²) in [5, 5.41) is 3.94. The van der Waals surface area contributed by atoms with E-state index in [0.29, 0.717) is 6.42 Å². The number of aryl methyl sites for hydroxylation is 2. The topological polar surface area (TPSA) is 50.2 Å². The number of fused-ring (bicyclic) bond motifs is 4. The third-order valence-electron chi connectivity index (χ3n) is 6.94. The number of rotatable bonds is 2. The molecule has 2 heterocycles. The van der Waals surface area contributed by atoms with Crippen LogP contribution in [0.4, 0.5) is 11.4 Å². The van der Waals surface area contributed by atoms with Crippen LogP contribution < -0.4 is 10.2 Å². The molecule has 3 aromatic rings. The standard InChI is InChI=1S/C24H28N4O/c1-5-21(29)28(4)19-12-20-23(25-15(2)27(20)3)22-18(19)10-11-24(26-22)13-16-8-6-7-9-17(16)14-24/h6-9,12,26H,5,10-11,13-14H2,1-4H3. The van der Waals surface area contributed by atoms with Crippen LogP contribution in [-0.2, 0) is 31.1 Å². The molecule has 0 saturated carbocycles.